The molecule has 0 saturated heterocycles. The molecule has 0 radical (unpaired) electrons. The predicted octanol–water partition coefficient (Wildman–Crippen LogP) is 4.70. The Morgan fingerprint density at radius 2 is 1.70 bits per heavy atom. The van der Waals surface area contributed by atoms with Crippen molar-refractivity contribution in [2.75, 3.05) is 0 Å². The zero-order valence-electron chi connectivity index (χ0n) is 11.9. The largest absolute Gasteiger partial charge is 0.326 e. The lowest BCUT2D eigenvalue weighted by molar-refractivity contribution is 0.600. The van der Waals surface area contributed by atoms with Gasteiger partial charge >= 0.3 is 0 Å². The highest BCUT2D eigenvalue weighted by Gasteiger charge is 2.07. The van der Waals surface area contributed by atoms with E-state index in [2.05, 4.69) is 38.1 Å². The molecule has 0 heterocycles. The number of benzene rings is 2. The third-order valence-corrected chi connectivity index (χ3v) is 4.38. The molecule has 2 rings (SSSR count). The summed E-state index contributed by atoms with van der Waals surface area (Å²) >= 11 is 1.65. The second kappa shape index (κ2) is 6.91. The molecule has 106 valence electrons. The normalized spacial score (nSPS) is 11.1. The molecular weight excluding hydrogens is 269 g/mol. The molecule has 0 aliphatic heterocycles. The van der Waals surface area contributed by atoms with Crippen LogP contribution in [0.25, 0.3) is 0 Å². The summed E-state index contributed by atoms with van der Waals surface area (Å²) < 4.78 is 14.1. The van der Waals surface area contributed by atoms with Gasteiger partial charge in [-0.2, -0.15) is 0 Å². The predicted molar refractivity (Wildman–Crippen MR) is 84.4 cm³/mol. The van der Waals surface area contributed by atoms with Crippen molar-refractivity contribution in [3.63, 3.8) is 0 Å². The molecule has 2 aromatic carbocycles. The topological polar surface area (TPSA) is 26.0 Å². The first-order chi connectivity index (χ1) is 9.61. The minimum Gasteiger partial charge on any atom is -0.326 e. The first-order valence-corrected chi connectivity index (χ1v) is 7.79. The zero-order valence-corrected chi connectivity index (χ0v) is 12.7. The van der Waals surface area contributed by atoms with Crippen LogP contribution in [0.1, 0.15) is 36.5 Å². The van der Waals surface area contributed by atoms with Crippen LogP contribution in [0.3, 0.4) is 0 Å². The van der Waals surface area contributed by atoms with Crippen LogP contribution >= 0.6 is 11.8 Å². The highest BCUT2D eigenvalue weighted by molar-refractivity contribution is 7.98. The second-order valence-electron chi connectivity index (χ2n) is 5.11. The van der Waals surface area contributed by atoms with E-state index in [0.29, 0.717) is 22.8 Å². The van der Waals surface area contributed by atoms with E-state index in [1.54, 1.807) is 17.8 Å². The minimum atomic E-state index is -0.165. The average Bonchev–Trinajstić information content (AvgIpc) is 2.46. The molecule has 1 nitrogen and oxygen atoms in total. The van der Waals surface area contributed by atoms with Gasteiger partial charge in [0.1, 0.15) is 5.82 Å². The summed E-state index contributed by atoms with van der Waals surface area (Å²) in [6, 6.07) is 13.9. The summed E-state index contributed by atoms with van der Waals surface area (Å²) in [4.78, 5) is 1.16. The van der Waals surface area contributed by atoms with Crippen molar-refractivity contribution in [1.29, 1.82) is 0 Å². The van der Waals surface area contributed by atoms with Gasteiger partial charge in [0.15, 0.2) is 0 Å². The number of thioether (sulfide) groups is 1. The van der Waals surface area contributed by atoms with Gasteiger partial charge in [-0.1, -0.05) is 44.2 Å². The van der Waals surface area contributed by atoms with Crippen LogP contribution in [0.15, 0.2) is 47.4 Å². The summed E-state index contributed by atoms with van der Waals surface area (Å²) in [5.41, 5.74) is 8.15. The molecule has 3 heteroatoms. The maximum atomic E-state index is 14.1. The summed E-state index contributed by atoms with van der Waals surface area (Å²) in [5.74, 6) is 0.995. The summed E-state index contributed by atoms with van der Waals surface area (Å²) in [6.45, 7) is 4.60. The third-order valence-electron chi connectivity index (χ3n) is 3.32. The first kappa shape index (κ1) is 15.1. The van der Waals surface area contributed by atoms with Crippen molar-refractivity contribution in [2.24, 2.45) is 5.73 Å². The summed E-state index contributed by atoms with van der Waals surface area (Å²) in [5, 5.41) is 0. The Bertz CT molecular complexity index is 564. The van der Waals surface area contributed by atoms with E-state index in [1.165, 1.54) is 5.56 Å². The molecule has 0 atom stereocenters. The molecule has 0 saturated carbocycles. The standard InChI is InChI=1S/C17H20FNS/c1-12(2)13-6-8-16(9-7-13)20-11-15-5-3-4-14(10-19)17(15)18/h3-9,12H,10-11,19H2,1-2H3. The van der Waals surface area contributed by atoms with Gasteiger partial charge in [0, 0.05) is 22.8 Å². The van der Waals surface area contributed by atoms with Crippen LogP contribution < -0.4 is 5.73 Å². The molecule has 0 fully saturated rings. The van der Waals surface area contributed by atoms with E-state index in [4.69, 9.17) is 5.73 Å². The maximum Gasteiger partial charge on any atom is 0.131 e. The van der Waals surface area contributed by atoms with E-state index in [1.807, 2.05) is 12.1 Å². The van der Waals surface area contributed by atoms with Gasteiger partial charge in [0.05, 0.1) is 0 Å². The van der Waals surface area contributed by atoms with Gasteiger partial charge in [0.25, 0.3) is 0 Å². The smallest absolute Gasteiger partial charge is 0.131 e. The van der Waals surface area contributed by atoms with Gasteiger partial charge in [-0.15, -0.1) is 11.8 Å². The van der Waals surface area contributed by atoms with Crippen LogP contribution in [-0.2, 0) is 12.3 Å². The van der Waals surface area contributed by atoms with E-state index in [9.17, 15) is 4.39 Å². The fourth-order valence-electron chi connectivity index (χ4n) is 2.01. The lowest BCUT2D eigenvalue weighted by atomic mass is 10.0. The molecule has 0 unspecified atom stereocenters. The Kier molecular flexibility index (Phi) is 5.21. The molecule has 2 N–H and O–H groups in total. The minimum absolute atomic E-state index is 0.165. The van der Waals surface area contributed by atoms with E-state index in [0.717, 1.165) is 4.90 Å². The number of nitrogens with two attached hydrogens (primary N) is 1. The molecule has 0 spiro atoms. The van der Waals surface area contributed by atoms with E-state index < -0.39 is 0 Å². The van der Waals surface area contributed by atoms with Crippen molar-refractivity contribution in [3.05, 3.63) is 65.0 Å². The highest BCUT2D eigenvalue weighted by atomic mass is 32.2. The summed E-state index contributed by atoms with van der Waals surface area (Å²) in [6.07, 6.45) is 0. The van der Waals surface area contributed by atoms with Gasteiger partial charge in [-0.25, -0.2) is 4.39 Å². The van der Waals surface area contributed by atoms with Gasteiger partial charge in [-0.05, 0) is 29.2 Å². The van der Waals surface area contributed by atoms with Crippen LogP contribution in [0.2, 0.25) is 0 Å². The Hall–Kier alpha value is -1.32. The maximum absolute atomic E-state index is 14.1. The number of hydrogen-bond acceptors (Lipinski definition) is 2. The van der Waals surface area contributed by atoms with Crippen molar-refractivity contribution < 1.29 is 4.39 Å². The van der Waals surface area contributed by atoms with Crippen LogP contribution in [-0.4, -0.2) is 0 Å². The molecular formula is C17H20FNS. The van der Waals surface area contributed by atoms with E-state index >= 15 is 0 Å². The van der Waals surface area contributed by atoms with Gasteiger partial charge in [0.2, 0.25) is 0 Å². The fraction of sp³-hybridized carbons (Fsp3) is 0.294. The molecule has 0 aromatic heterocycles. The Morgan fingerprint density at radius 3 is 2.30 bits per heavy atom. The van der Waals surface area contributed by atoms with E-state index in [-0.39, 0.29) is 12.4 Å². The van der Waals surface area contributed by atoms with Crippen molar-refractivity contribution in [3.8, 4) is 0 Å². The average molecular weight is 289 g/mol. The molecule has 0 aliphatic rings. The molecule has 0 aliphatic carbocycles. The Balaban J connectivity index is 2.05. The Morgan fingerprint density at radius 1 is 1.05 bits per heavy atom. The third kappa shape index (κ3) is 3.62. The fourth-order valence-corrected chi connectivity index (χ4v) is 2.89. The SMILES string of the molecule is CC(C)c1ccc(SCc2cccc(CN)c2F)cc1. The van der Waals surface area contributed by atoms with Crippen LogP contribution in [0.5, 0.6) is 0 Å². The lowest BCUT2D eigenvalue weighted by Gasteiger charge is -2.08. The quantitative estimate of drug-likeness (QED) is 0.807. The lowest BCUT2D eigenvalue weighted by Crippen LogP contribution is -2.02. The monoisotopic (exact) mass is 289 g/mol. The van der Waals surface area contributed by atoms with Gasteiger partial charge < -0.3 is 5.73 Å². The van der Waals surface area contributed by atoms with Crippen LogP contribution in [0.4, 0.5) is 4.39 Å². The van der Waals surface area contributed by atoms with Crippen molar-refractivity contribution in [1.82, 2.24) is 0 Å². The molecule has 0 bridgehead atoms. The second-order valence-corrected chi connectivity index (χ2v) is 6.16. The molecule has 0 amide bonds. The molecule has 2 aromatic rings. The number of halogens is 1. The zero-order chi connectivity index (χ0) is 14.5. The van der Waals surface area contributed by atoms with Crippen molar-refractivity contribution >= 4 is 11.8 Å². The Labute approximate surface area is 124 Å². The summed E-state index contributed by atoms with van der Waals surface area (Å²) in [7, 11) is 0. The van der Waals surface area contributed by atoms with Gasteiger partial charge in [-0.3, -0.25) is 0 Å². The van der Waals surface area contributed by atoms with Crippen molar-refractivity contribution in [2.45, 2.75) is 37.0 Å². The first-order valence-electron chi connectivity index (χ1n) is 6.81. The molecule has 20 heavy (non-hydrogen) atoms. The van der Waals surface area contributed by atoms with Crippen LogP contribution in [0, 0.1) is 5.82 Å². The number of hydrogen-bond donors (Lipinski definition) is 1. The highest BCUT2D eigenvalue weighted by Crippen LogP contribution is 2.26. The number of rotatable bonds is 5.